The minimum Gasteiger partial charge on any atom is -0.489 e. The van der Waals surface area contributed by atoms with Crippen LogP contribution in [-0.2, 0) is 6.61 Å². The van der Waals surface area contributed by atoms with Crippen LogP contribution in [0.25, 0.3) is 10.8 Å². The molecule has 1 heterocycles. The molecule has 3 nitrogen and oxygen atoms in total. The average Bonchev–Trinajstić information content (AvgIpc) is 2.85. The number of hydrogen-bond donors (Lipinski definition) is 1. The Hall–Kier alpha value is -3.14. The molecule has 0 bridgehead atoms. The Morgan fingerprint density at radius 3 is 2.16 bits per heavy atom. The SMILES string of the molecule is c1ccc(COc2ccc(C(c3ccc4ccccc4c3)N3CCNCC3)cc2)cc1. The van der Waals surface area contributed by atoms with Crippen LogP contribution >= 0.6 is 0 Å². The first-order valence-electron chi connectivity index (χ1n) is 11.1. The van der Waals surface area contributed by atoms with Crippen LogP contribution in [0.2, 0.25) is 0 Å². The van der Waals surface area contributed by atoms with Crippen LogP contribution in [0.3, 0.4) is 0 Å². The van der Waals surface area contributed by atoms with E-state index < -0.39 is 0 Å². The molecule has 1 fully saturated rings. The van der Waals surface area contributed by atoms with Crippen molar-refractivity contribution in [3.63, 3.8) is 0 Å². The molecule has 1 saturated heterocycles. The topological polar surface area (TPSA) is 24.5 Å². The van der Waals surface area contributed by atoms with Crippen LogP contribution in [0, 0.1) is 0 Å². The summed E-state index contributed by atoms with van der Waals surface area (Å²) in [7, 11) is 0. The number of hydrogen-bond acceptors (Lipinski definition) is 3. The Kier molecular flexibility index (Phi) is 5.96. The summed E-state index contributed by atoms with van der Waals surface area (Å²) < 4.78 is 6.01. The van der Waals surface area contributed by atoms with Crippen LogP contribution in [0.4, 0.5) is 0 Å². The second-order valence-corrected chi connectivity index (χ2v) is 8.14. The Morgan fingerprint density at radius 1 is 0.710 bits per heavy atom. The highest BCUT2D eigenvalue weighted by molar-refractivity contribution is 5.83. The molecule has 1 aliphatic rings. The fourth-order valence-electron chi connectivity index (χ4n) is 4.42. The lowest BCUT2D eigenvalue weighted by Gasteiger charge is -2.35. The molecule has 0 spiro atoms. The normalized spacial score (nSPS) is 15.6. The predicted octanol–water partition coefficient (Wildman–Crippen LogP) is 5.41. The van der Waals surface area contributed by atoms with E-state index in [0.29, 0.717) is 6.61 Å². The fraction of sp³-hybridized carbons (Fsp3) is 0.214. The molecule has 1 aliphatic heterocycles. The molecular weight excluding hydrogens is 380 g/mol. The van der Waals surface area contributed by atoms with Crippen molar-refractivity contribution in [3.8, 4) is 5.75 Å². The molecule has 0 saturated carbocycles. The third-order valence-electron chi connectivity index (χ3n) is 6.05. The zero-order valence-electron chi connectivity index (χ0n) is 17.7. The number of ether oxygens (including phenoxy) is 1. The van der Waals surface area contributed by atoms with E-state index in [9.17, 15) is 0 Å². The molecule has 31 heavy (non-hydrogen) atoms. The lowest BCUT2D eigenvalue weighted by Crippen LogP contribution is -2.45. The summed E-state index contributed by atoms with van der Waals surface area (Å²) in [6.45, 7) is 4.74. The van der Waals surface area contributed by atoms with E-state index in [-0.39, 0.29) is 6.04 Å². The maximum Gasteiger partial charge on any atom is 0.119 e. The molecule has 156 valence electrons. The van der Waals surface area contributed by atoms with Gasteiger partial charge in [0.05, 0.1) is 6.04 Å². The highest BCUT2D eigenvalue weighted by Crippen LogP contribution is 2.32. The number of nitrogens with one attached hydrogen (secondary N) is 1. The molecule has 4 aromatic rings. The van der Waals surface area contributed by atoms with Crippen molar-refractivity contribution in [2.75, 3.05) is 26.2 Å². The number of fused-ring (bicyclic) bond motifs is 1. The van der Waals surface area contributed by atoms with Crippen LogP contribution in [0.15, 0.2) is 97.1 Å². The summed E-state index contributed by atoms with van der Waals surface area (Å²) in [5.41, 5.74) is 3.84. The number of nitrogens with zero attached hydrogens (tertiary/aromatic N) is 1. The smallest absolute Gasteiger partial charge is 0.119 e. The van der Waals surface area contributed by atoms with Gasteiger partial charge in [0.25, 0.3) is 0 Å². The maximum atomic E-state index is 6.01. The van der Waals surface area contributed by atoms with E-state index in [1.807, 2.05) is 18.2 Å². The lowest BCUT2D eigenvalue weighted by molar-refractivity contribution is 0.198. The van der Waals surface area contributed by atoms with Gasteiger partial charge < -0.3 is 10.1 Å². The predicted molar refractivity (Wildman–Crippen MR) is 127 cm³/mol. The van der Waals surface area contributed by atoms with Gasteiger partial charge in [0, 0.05) is 26.2 Å². The molecule has 0 aliphatic carbocycles. The van der Waals surface area contributed by atoms with Crippen molar-refractivity contribution >= 4 is 10.8 Å². The van der Waals surface area contributed by atoms with E-state index in [1.165, 1.54) is 27.5 Å². The van der Waals surface area contributed by atoms with Gasteiger partial charge in [0.2, 0.25) is 0 Å². The molecule has 0 aromatic heterocycles. The van der Waals surface area contributed by atoms with Crippen LogP contribution in [0.1, 0.15) is 22.7 Å². The first-order chi connectivity index (χ1) is 15.4. The highest BCUT2D eigenvalue weighted by Gasteiger charge is 2.24. The third kappa shape index (κ3) is 4.63. The van der Waals surface area contributed by atoms with E-state index in [4.69, 9.17) is 4.74 Å². The van der Waals surface area contributed by atoms with Gasteiger partial charge in [-0.25, -0.2) is 0 Å². The van der Waals surface area contributed by atoms with Crippen LogP contribution in [-0.4, -0.2) is 31.1 Å². The summed E-state index contributed by atoms with van der Waals surface area (Å²) in [6.07, 6.45) is 0. The molecule has 1 unspecified atom stereocenters. The summed E-state index contributed by atoms with van der Waals surface area (Å²) in [5.74, 6) is 0.908. The minimum absolute atomic E-state index is 0.245. The Morgan fingerprint density at radius 2 is 1.39 bits per heavy atom. The van der Waals surface area contributed by atoms with Gasteiger partial charge in [0.15, 0.2) is 0 Å². The third-order valence-corrected chi connectivity index (χ3v) is 6.05. The molecule has 3 heteroatoms. The van der Waals surface area contributed by atoms with Crippen molar-refractivity contribution in [2.24, 2.45) is 0 Å². The maximum absolute atomic E-state index is 6.01. The van der Waals surface area contributed by atoms with E-state index in [1.54, 1.807) is 0 Å². The number of piperazine rings is 1. The van der Waals surface area contributed by atoms with Gasteiger partial charge in [-0.3, -0.25) is 4.90 Å². The fourth-order valence-corrected chi connectivity index (χ4v) is 4.42. The van der Waals surface area contributed by atoms with Gasteiger partial charge in [-0.05, 0) is 45.7 Å². The largest absolute Gasteiger partial charge is 0.489 e. The molecule has 5 rings (SSSR count). The van der Waals surface area contributed by atoms with Crippen molar-refractivity contribution in [1.29, 1.82) is 0 Å². The minimum atomic E-state index is 0.245. The second-order valence-electron chi connectivity index (χ2n) is 8.14. The van der Waals surface area contributed by atoms with Gasteiger partial charge in [0.1, 0.15) is 12.4 Å². The monoisotopic (exact) mass is 408 g/mol. The number of benzene rings is 4. The molecule has 1 atom stereocenters. The van der Waals surface area contributed by atoms with Crippen LogP contribution < -0.4 is 10.1 Å². The van der Waals surface area contributed by atoms with Gasteiger partial charge in [-0.2, -0.15) is 0 Å². The van der Waals surface area contributed by atoms with Crippen LogP contribution in [0.5, 0.6) is 5.75 Å². The lowest BCUT2D eigenvalue weighted by atomic mass is 9.94. The summed E-state index contributed by atoms with van der Waals surface area (Å²) in [5, 5.41) is 6.06. The summed E-state index contributed by atoms with van der Waals surface area (Å²) in [4.78, 5) is 2.58. The van der Waals surface area contributed by atoms with E-state index >= 15 is 0 Å². The van der Waals surface area contributed by atoms with Crippen molar-refractivity contribution in [3.05, 3.63) is 114 Å². The van der Waals surface area contributed by atoms with E-state index in [2.05, 4.69) is 89.1 Å². The molecular formula is C28H28N2O. The Labute approximate surface area is 184 Å². The zero-order chi connectivity index (χ0) is 20.9. The number of rotatable bonds is 6. The standard InChI is InChI=1S/C28H28N2O/c1-2-6-22(7-3-1)21-31-27-14-12-24(13-15-27)28(30-18-16-29-17-19-30)26-11-10-23-8-4-5-9-25(23)20-26/h1-15,20,28-29H,16-19,21H2. The van der Waals surface area contributed by atoms with Crippen molar-refractivity contribution < 1.29 is 4.74 Å². The van der Waals surface area contributed by atoms with Gasteiger partial charge >= 0.3 is 0 Å². The molecule has 0 amide bonds. The highest BCUT2D eigenvalue weighted by atomic mass is 16.5. The quantitative estimate of drug-likeness (QED) is 0.461. The zero-order valence-corrected chi connectivity index (χ0v) is 17.7. The second kappa shape index (κ2) is 9.34. The Bertz CT molecular complexity index is 1120. The molecule has 4 aromatic carbocycles. The summed E-state index contributed by atoms with van der Waals surface area (Å²) >= 11 is 0. The van der Waals surface area contributed by atoms with Crippen molar-refractivity contribution in [2.45, 2.75) is 12.6 Å². The van der Waals surface area contributed by atoms with Gasteiger partial charge in [-0.15, -0.1) is 0 Å². The molecule has 0 radical (unpaired) electrons. The Balaban J connectivity index is 1.41. The summed E-state index contributed by atoms with van der Waals surface area (Å²) in [6, 6.07) is 34.7. The van der Waals surface area contributed by atoms with E-state index in [0.717, 1.165) is 31.9 Å². The first kappa shape index (κ1) is 19.8. The van der Waals surface area contributed by atoms with Gasteiger partial charge in [-0.1, -0.05) is 78.9 Å². The average molecular weight is 409 g/mol. The first-order valence-corrected chi connectivity index (χ1v) is 11.1. The van der Waals surface area contributed by atoms with Crippen molar-refractivity contribution in [1.82, 2.24) is 10.2 Å². The molecule has 1 N–H and O–H groups in total.